The molecule has 142 valence electrons. The summed E-state index contributed by atoms with van der Waals surface area (Å²) in [6.45, 7) is 3.60. The molecule has 2 unspecified atom stereocenters. The van der Waals surface area contributed by atoms with Gasteiger partial charge >= 0.3 is 0 Å². The van der Waals surface area contributed by atoms with Gasteiger partial charge in [0.2, 0.25) is 0 Å². The van der Waals surface area contributed by atoms with Gasteiger partial charge in [-0.1, -0.05) is 60.7 Å². The first-order valence-corrected chi connectivity index (χ1v) is 10.4. The molecule has 3 nitrogen and oxygen atoms in total. The van der Waals surface area contributed by atoms with Crippen LogP contribution in [0.25, 0.3) is 0 Å². The Bertz CT molecular complexity index is 707. The van der Waals surface area contributed by atoms with E-state index in [0.717, 1.165) is 45.6 Å². The topological polar surface area (TPSA) is 32.7 Å². The summed E-state index contributed by atoms with van der Waals surface area (Å²) >= 11 is 0. The second-order valence-electron chi connectivity index (χ2n) is 8.62. The van der Waals surface area contributed by atoms with Gasteiger partial charge in [-0.3, -0.25) is 4.90 Å². The second-order valence-corrected chi connectivity index (χ2v) is 8.62. The molecule has 1 saturated heterocycles. The Morgan fingerprint density at radius 3 is 1.81 bits per heavy atom. The fourth-order valence-electron chi connectivity index (χ4n) is 6.19. The number of fused-ring (bicyclic) bond motifs is 3. The number of hydrogen-bond donors (Lipinski definition) is 1. The van der Waals surface area contributed by atoms with Crippen molar-refractivity contribution in [3.8, 4) is 0 Å². The largest absolute Gasteiger partial charge is 0.393 e. The highest BCUT2D eigenvalue weighted by molar-refractivity contribution is 5.32. The second kappa shape index (κ2) is 7.05. The number of aliphatic hydroxyl groups excluding tert-OH is 1. The molecule has 6 rings (SSSR count). The maximum Gasteiger partial charge on any atom is 0.0597 e. The smallest absolute Gasteiger partial charge is 0.0597 e. The Labute approximate surface area is 162 Å². The van der Waals surface area contributed by atoms with Gasteiger partial charge in [-0.05, 0) is 48.1 Å². The summed E-state index contributed by atoms with van der Waals surface area (Å²) in [7, 11) is 0. The average Bonchev–Trinajstić information content (AvgIpc) is 2.75. The summed E-state index contributed by atoms with van der Waals surface area (Å²) in [6, 6.07) is 21.8. The fourth-order valence-corrected chi connectivity index (χ4v) is 6.19. The van der Waals surface area contributed by atoms with Gasteiger partial charge in [0.15, 0.2) is 0 Å². The molecule has 2 bridgehead atoms. The molecule has 4 aliphatic rings. The van der Waals surface area contributed by atoms with Crippen LogP contribution in [0.4, 0.5) is 0 Å². The van der Waals surface area contributed by atoms with Crippen LogP contribution in [-0.4, -0.2) is 48.0 Å². The molecule has 2 aromatic carbocycles. The van der Waals surface area contributed by atoms with Crippen LogP contribution >= 0.6 is 0 Å². The van der Waals surface area contributed by atoms with E-state index >= 15 is 0 Å². The third-order valence-electron chi connectivity index (χ3n) is 7.30. The summed E-state index contributed by atoms with van der Waals surface area (Å²) in [5.41, 5.74) is 2.86. The molecule has 4 fully saturated rings. The molecular formula is C24H29NO2. The van der Waals surface area contributed by atoms with E-state index in [2.05, 4.69) is 65.6 Å². The number of rotatable bonds is 3. The first-order valence-electron chi connectivity index (χ1n) is 10.4. The van der Waals surface area contributed by atoms with Crippen LogP contribution < -0.4 is 0 Å². The zero-order valence-corrected chi connectivity index (χ0v) is 15.8. The van der Waals surface area contributed by atoms with E-state index in [4.69, 9.17) is 4.74 Å². The molecule has 1 aliphatic heterocycles. The van der Waals surface area contributed by atoms with E-state index < -0.39 is 0 Å². The Kier molecular flexibility index (Phi) is 4.55. The van der Waals surface area contributed by atoms with Gasteiger partial charge in [-0.15, -0.1) is 0 Å². The maximum absolute atomic E-state index is 11.3. The van der Waals surface area contributed by atoms with Crippen LogP contribution in [0.1, 0.15) is 42.2 Å². The molecule has 1 heterocycles. The molecule has 3 aliphatic carbocycles. The maximum atomic E-state index is 11.3. The summed E-state index contributed by atoms with van der Waals surface area (Å²) < 4.78 is 5.64. The van der Waals surface area contributed by atoms with Crippen molar-refractivity contribution in [1.82, 2.24) is 4.90 Å². The summed E-state index contributed by atoms with van der Waals surface area (Å²) in [4.78, 5) is 2.64. The van der Waals surface area contributed by atoms with Crippen LogP contribution in [0.2, 0.25) is 0 Å². The minimum Gasteiger partial charge on any atom is -0.393 e. The molecule has 3 heteroatoms. The number of aliphatic hydroxyl groups is 1. The van der Waals surface area contributed by atoms with Crippen molar-refractivity contribution in [2.75, 3.05) is 26.3 Å². The van der Waals surface area contributed by atoms with E-state index in [1.165, 1.54) is 11.1 Å². The summed E-state index contributed by atoms with van der Waals surface area (Å²) in [6.07, 6.45) is 2.97. The lowest BCUT2D eigenvalue weighted by atomic mass is 9.51. The highest BCUT2D eigenvalue weighted by Gasteiger charge is 2.57. The highest BCUT2D eigenvalue weighted by Crippen LogP contribution is 2.59. The van der Waals surface area contributed by atoms with E-state index in [-0.39, 0.29) is 11.6 Å². The number of nitrogens with zero attached hydrogens (tertiary/aromatic N) is 1. The molecule has 0 radical (unpaired) electrons. The molecular weight excluding hydrogens is 334 g/mol. The zero-order valence-electron chi connectivity index (χ0n) is 15.8. The van der Waals surface area contributed by atoms with Gasteiger partial charge < -0.3 is 9.84 Å². The third-order valence-corrected chi connectivity index (χ3v) is 7.30. The standard InChI is InChI=1S/C24H29NO2/c26-22-17-24(25-11-13-27-14-12-25)15-20(18-7-3-1-4-8-18)23(22)21(16-24)19-9-5-2-6-10-19/h1-10,20-23,26H,11-17H2/t20-,21+,22-,23?,24?/m1/s1. The highest BCUT2D eigenvalue weighted by atomic mass is 16.5. The first-order chi connectivity index (χ1) is 13.3. The number of hydrogen-bond acceptors (Lipinski definition) is 3. The molecule has 1 N–H and O–H groups in total. The zero-order chi connectivity index (χ0) is 18.3. The Balaban J connectivity index is 1.58. The average molecular weight is 364 g/mol. The number of morpholine rings is 1. The van der Waals surface area contributed by atoms with Crippen molar-refractivity contribution in [2.45, 2.75) is 42.7 Å². The van der Waals surface area contributed by atoms with Gasteiger partial charge in [0.05, 0.1) is 19.3 Å². The van der Waals surface area contributed by atoms with Crippen LogP contribution in [0, 0.1) is 5.92 Å². The van der Waals surface area contributed by atoms with Crippen LogP contribution in [0.3, 0.4) is 0 Å². The monoisotopic (exact) mass is 363 g/mol. The van der Waals surface area contributed by atoms with Crippen molar-refractivity contribution >= 4 is 0 Å². The first kappa shape index (κ1) is 17.4. The van der Waals surface area contributed by atoms with E-state index in [0.29, 0.717) is 17.8 Å². The SMILES string of the molecule is O[C@@H]1CC2(N3CCOCC3)C[C@H](c3ccccc3)C1[C@H](c1ccccc1)C2. The molecule has 0 amide bonds. The van der Waals surface area contributed by atoms with Crippen molar-refractivity contribution in [3.63, 3.8) is 0 Å². The van der Waals surface area contributed by atoms with Gasteiger partial charge in [0.1, 0.15) is 0 Å². The normalized spacial score (nSPS) is 36.6. The molecule has 5 atom stereocenters. The van der Waals surface area contributed by atoms with E-state index in [1.807, 2.05) is 0 Å². The van der Waals surface area contributed by atoms with Crippen molar-refractivity contribution in [1.29, 1.82) is 0 Å². The molecule has 27 heavy (non-hydrogen) atoms. The van der Waals surface area contributed by atoms with Crippen LogP contribution in [0.5, 0.6) is 0 Å². The summed E-state index contributed by atoms with van der Waals surface area (Å²) in [5.74, 6) is 1.13. The van der Waals surface area contributed by atoms with Crippen molar-refractivity contribution < 1.29 is 9.84 Å². The quantitative estimate of drug-likeness (QED) is 0.900. The predicted octanol–water partition coefficient (Wildman–Crippen LogP) is 3.80. The minimum atomic E-state index is -0.245. The Morgan fingerprint density at radius 2 is 1.30 bits per heavy atom. The van der Waals surface area contributed by atoms with Gasteiger partial charge in [0.25, 0.3) is 0 Å². The fraction of sp³-hybridized carbons (Fsp3) is 0.500. The molecule has 0 spiro atoms. The lowest BCUT2D eigenvalue weighted by molar-refractivity contribution is -0.126. The van der Waals surface area contributed by atoms with Gasteiger partial charge in [-0.2, -0.15) is 0 Å². The predicted molar refractivity (Wildman–Crippen MR) is 107 cm³/mol. The Morgan fingerprint density at radius 1 is 0.778 bits per heavy atom. The molecule has 2 aromatic rings. The van der Waals surface area contributed by atoms with Crippen LogP contribution in [0.15, 0.2) is 60.7 Å². The lowest BCUT2D eigenvalue weighted by Crippen LogP contribution is -2.64. The van der Waals surface area contributed by atoms with E-state index in [9.17, 15) is 5.11 Å². The third kappa shape index (κ3) is 3.02. The van der Waals surface area contributed by atoms with Crippen LogP contribution in [-0.2, 0) is 4.74 Å². The number of ether oxygens (including phenoxy) is 1. The van der Waals surface area contributed by atoms with Crippen molar-refractivity contribution in [3.05, 3.63) is 71.8 Å². The van der Waals surface area contributed by atoms with Gasteiger partial charge in [0, 0.05) is 18.6 Å². The molecule has 0 aromatic heterocycles. The lowest BCUT2D eigenvalue weighted by Gasteiger charge is -2.61. The van der Waals surface area contributed by atoms with Gasteiger partial charge in [-0.25, -0.2) is 0 Å². The molecule has 3 saturated carbocycles. The summed E-state index contributed by atoms with van der Waals surface area (Å²) in [5, 5.41) is 11.3. The minimum absolute atomic E-state index is 0.0823. The van der Waals surface area contributed by atoms with Crippen molar-refractivity contribution in [2.24, 2.45) is 5.92 Å². The van der Waals surface area contributed by atoms with E-state index in [1.54, 1.807) is 0 Å². The number of benzene rings is 2. The Hall–Kier alpha value is -1.68.